The number of carbonyl (C=O) groups is 2. The Hall–Kier alpha value is -3.11. The number of amides is 2. The molecule has 31 heavy (non-hydrogen) atoms. The maximum absolute atomic E-state index is 14.0. The molecule has 4 rings (SSSR count). The molecule has 0 aromatic heterocycles. The summed E-state index contributed by atoms with van der Waals surface area (Å²) in [5.74, 6) is -0.369. The predicted molar refractivity (Wildman–Crippen MR) is 125 cm³/mol. The van der Waals surface area contributed by atoms with Crippen LogP contribution in [0.1, 0.15) is 31.7 Å². The summed E-state index contributed by atoms with van der Waals surface area (Å²) in [4.78, 5) is 28.1. The number of hydrogen-bond acceptors (Lipinski definition) is 2. The highest BCUT2D eigenvalue weighted by atomic mass is 35.5. The molecule has 4 nitrogen and oxygen atoms in total. The molecule has 0 spiro atoms. The van der Waals surface area contributed by atoms with Crippen LogP contribution in [0.4, 0.5) is 11.4 Å². The standard InChI is InChI=1S/C26H25ClN2O2/c1-2-3-18-26(19-20-14-16-21(27)17-15-20)24(30)28(22-10-6-4-7-11-22)29(25(26)31)23-12-8-5-9-13-23/h4-17H,2-3,18-19H2,1H3. The number of carbonyl (C=O) groups excluding carboxylic acids is 2. The summed E-state index contributed by atoms with van der Waals surface area (Å²) in [6, 6.07) is 26.1. The fourth-order valence-electron chi connectivity index (χ4n) is 4.17. The van der Waals surface area contributed by atoms with Crippen molar-refractivity contribution in [3.05, 3.63) is 95.5 Å². The molecule has 0 unspecified atom stereocenters. The van der Waals surface area contributed by atoms with E-state index in [1.54, 1.807) is 22.2 Å². The van der Waals surface area contributed by atoms with Crippen molar-refractivity contribution in [1.29, 1.82) is 0 Å². The van der Waals surface area contributed by atoms with Gasteiger partial charge in [-0.25, -0.2) is 10.0 Å². The summed E-state index contributed by atoms with van der Waals surface area (Å²) >= 11 is 6.06. The molecule has 3 aromatic rings. The number of hydrazine groups is 1. The van der Waals surface area contributed by atoms with Gasteiger partial charge in [-0.15, -0.1) is 0 Å². The Balaban J connectivity index is 1.84. The van der Waals surface area contributed by atoms with E-state index in [9.17, 15) is 9.59 Å². The number of unbranched alkanes of at least 4 members (excludes halogenated alkanes) is 1. The van der Waals surface area contributed by atoms with Gasteiger partial charge < -0.3 is 0 Å². The zero-order chi connectivity index (χ0) is 21.8. The second kappa shape index (κ2) is 8.94. The lowest BCUT2D eigenvalue weighted by Gasteiger charge is -2.27. The van der Waals surface area contributed by atoms with E-state index in [0.29, 0.717) is 29.2 Å². The van der Waals surface area contributed by atoms with Crippen LogP contribution >= 0.6 is 11.6 Å². The van der Waals surface area contributed by atoms with Crippen LogP contribution in [0.15, 0.2) is 84.9 Å². The molecule has 1 aliphatic rings. The number of para-hydroxylation sites is 2. The first-order valence-electron chi connectivity index (χ1n) is 10.6. The van der Waals surface area contributed by atoms with E-state index in [1.165, 1.54) is 0 Å². The van der Waals surface area contributed by atoms with Gasteiger partial charge in [-0.2, -0.15) is 0 Å². The van der Waals surface area contributed by atoms with Crippen LogP contribution in [0, 0.1) is 5.41 Å². The van der Waals surface area contributed by atoms with Gasteiger partial charge >= 0.3 is 0 Å². The van der Waals surface area contributed by atoms with E-state index in [1.807, 2.05) is 72.8 Å². The smallest absolute Gasteiger partial charge is 0.262 e. The minimum Gasteiger partial charge on any atom is -0.271 e. The Labute approximate surface area is 188 Å². The summed E-state index contributed by atoms with van der Waals surface area (Å²) < 4.78 is 0. The molecule has 5 heteroatoms. The van der Waals surface area contributed by atoms with Gasteiger partial charge in [0, 0.05) is 5.02 Å². The van der Waals surface area contributed by atoms with Gasteiger partial charge in [0.15, 0.2) is 0 Å². The van der Waals surface area contributed by atoms with Gasteiger partial charge in [0.2, 0.25) is 0 Å². The van der Waals surface area contributed by atoms with E-state index in [4.69, 9.17) is 11.6 Å². The molecule has 0 atom stereocenters. The molecular formula is C26H25ClN2O2. The van der Waals surface area contributed by atoms with Crippen molar-refractivity contribution in [3.8, 4) is 0 Å². The zero-order valence-corrected chi connectivity index (χ0v) is 18.3. The van der Waals surface area contributed by atoms with E-state index in [0.717, 1.165) is 18.4 Å². The van der Waals surface area contributed by atoms with Crippen LogP contribution in [0.25, 0.3) is 0 Å². The maximum Gasteiger partial charge on any atom is 0.262 e. The molecular weight excluding hydrogens is 408 g/mol. The predicted octanol–water partition coefficient (Wildman–Crippen LogP) is 6.05. The highest BCUT2D eigenvalue weighted by Crippen LogP contribution is 2.44. The minimum absolute atomic E-state index is 0.184. The average Bonchev–Trinajstić information content (AvgIpc) is 3.02. The summed E-state index contributed by atoms with van der Waals surface area (Å²) in [6.07, 6.45) is 2.53. The van der Waals surface area contributed by atoms with Gasteiger partial charge in [-0.3, -0.25) is 9.59 Å². The molecule has 1 aliphatic heterocycles. The molecule has 1 fully saturated rings. The van der Waals surface area contributed by atoms with Crippen molar-refractivity contribution in [2.75, 3.05) is 10.0 Å². The third-order valence-electron chi connectivity index (χ3n) is 5.78. The highest BCUT2D eigenvalue weighted by Gasteiger charge is 2.58. The highest BCUT2D eigenvalue weighted by molar-refractivity contribution is 6.30. The van der Waals surface area contributed by atoms with Crippen molar-refractivity contribution >= 4 is 34.8 Å². The molecule has 2 amide bonds. The van der Waals surface area contributed by atoms with E-state index < -0.39 is 5.41 Å². The maximum atomic E-state index is 14.0. The van der Waals surface area contributed by atoms with E-state index >= 15 is 0 Å². The second-order valence-corrected chi connectivity index (χ2v) is 8.33. The molecule has 0 saturated carbocycles. The zero-order valence-electron chi connectivity index (χ0n) is 17.5. The van der Waals surface area contributed by atoms with Crippen LogP contribution < -0.4 is 10.0 Å². The molecule has 0 radical (unpaired) electrons. The van der Waals surface area contributed by atoms with Gasteiger partial charge in [-0.05, 0) is 54.8 Å². The van der Waals surface area contributed by atoms with Crippen molar-refractivity contribution in [3.63, 3.8) is 0 Å². The molecule has 158 valence electrons. The largest absolute Gasteiger partial charge is 0.271 e. The number of halogens is 1. The Bertz CT molecular complexity index is 994. The van der Waals surface area contributed by atoms with E-state index in [-0.39, 0.29) is 11.8 Å². The Morgan fingerprint density at radius 1 is 0.742 bits per heavy atom. The first-order chi connectivity index (χ1) is 15.1. The van der Waals surface area contributed by atoms with Crippen molar-refractivity contribution in [2.45, 2.75) is 32.6 Å². The van der Waals surface area contributed by atoms with E-state index in [2.05, 4.69) is 6.92 Å². The minimum atomic E-state index is -1.16. The molecule has 1 heterocycles. The Kier molecular flexibility index (Phi) is 6.10. The summed E-state index contributed by atoms with van der Waals surface area (Å²) in [5, 5.41) is 3.72. The molecule has 0 bridgehead atoms. The van der Waals surface area contributed by atoms with Crippen LogP contribution in [0.5, 0.6) is 0 Å². The van der Waals surface area contributed by atoms with Gasteiger partial charge in [0.25, 0.3) is 11.8 Å². The molecule has 0 aliphatic carbocycles. The fraction of sp³-hybridized carbons (Fsp3) is 0.231. The second-order valence-electron chi connectivity index (χ2n) is 7.89. The van der Waals surface area contributed by atoms with Crippen molar-refractivity contribution in [1.82, 2.24) is 0 Å². The number of benzene rings is 3. The van der Waals surface area contributed by atoms with Gasteiger partial charge in [0.1, 0.15) is 5.41 Å². The molecule has 1 saturated heterocycles. The van der Waals surface area contributed by atoms with Crippen molar-refractivity contribution < 1.29 is 9.59 Å². The normalized spacial score (nSPS) is 15.5. The van der Waals surface area contributed by atoms with Crippen LogP contribution in [0.2, 0.25) is 5.02 Å². The lowest BCUT2D eigenvalue weighted by atomic mass is 9.76. The summed E-state index contributed by atoms with van der Waals surface area (Å²) in [7, 11) is 0. The summed E-state index contributed by atoms with van der Waals surface area (Å²) in [5.41, 5.74) is 1.12. The molecule has 3 aromatic carbocycles. The number of nitrogens with zero attached hydrogens (tertiary/aromatic N) is 2. The fourth-order valence-corrected chi connectivity index (χ4v) is 4.29. The lowest BCUT2D eigenvalue weighted by Crippen LogP contribution is -2.41. The SMILES string of the molecule is CCCCC1(Cc2ccc(Cl)cc2)C(=O)N(c2ccccc2)N(c2ccccc2)C1=O. The third kappa shape index (κ3) is 3.96. The van der Waals surface area contributed by atoms with Crippen LogP contribution in [-0.4, -0.2) is 11.8 Å². The topological polar surface area (TPSA) is 40.6 Å². The monoisotopic (exact) mass is 432 g/mol. The van der Waals surface area contributed by atoms with Crippen LogP contribution in [-0.2, 0) is 16.0 Å². The summed E-state index contributed by atoms with van der Waals surface area (Å²) in [6.45, 7) is 2.07. The van der Waals surface area contributed by atoms with Gasteiger partial charge in [-0.1, -0.05) is 79.9 Å². The third-order valence-corrected chi connectivity index (χ3v) is 6.03. The first-order valence-corrected chi connectivity index (χ1v) is 11.0. The molecule has 0 N–H and O–H groups in total. The Morgan fingerprint density at radius 3 is 1.68 bits per heavy atom. The van der Waals surface area contributed by atoms with Gasteiger partial charge in [0.05, 0.1) is 11.4 Å². The quantitative estimate of drug-likeness (QED) is 0.426. The number of hydrogen-bond donors (Lipinski definition) is 0. The average molecular weight is 433 g/mol. The van der Waals surface area contributed by atoms with Crippen molar-refractivity contribution in [2.24, 2.45) is 5.41 Å². The van der Waals surface area contributed by atoms with Crippen LogP contribution in [0.3, 0.4) is 0 Å². The first kappa shape index (κ1) is 21.1. The number of anilines is 2. The lowest BCUT2D eigenvalue weighted by molar-refractivity contribution is -0.135. The Morgan fingerprint density at radius 2 is 1.23 bits per heavy atom. The number of rotatable bonds is 7.